The Kier molecular flexibility index (Phi) is 7.38. The normalized spacial score (nSPS) is 12.4. The number of amides is 1. The van der Waals surface area contributed by atoms with Gasteiger partial charge >= 0.3 is 0 Å². The van der Waals surface area contributed by atoms with E-state index in [4.69, 9.17) is 4.74 Å². The predicted octanol–water partition coefficient (Wildman–Crippen LogP) is 3.34. The van der Waals surface area contributed by atoms with E-state index >= 15 is 0 Å². The Hall–Kier alpha value is -2.38. The van der Waals surface area contributed by atoms with E-state index in [9.17, 15) is 13.2 Å². The Morgan fingerprint density at radius 1 is 1.15 bits per heavy atom. The largest absolute Gasteiger partial charge is 0.492 e. The number of carbonyl (C=O) groups is 1. The molecule has 0 bridgehead atoms. The number of anilines is 1. The molecule has 0 radical (unpaired) electrons. The van der Waals surface area contributed by atoms with Gasteiger partial charge in [-0.15, -0.1) is 0 Å². The molecule has 2 rings (SSSR count). The van der Waals surface area contributed by atoms with Crippen molar-refractivity contribution in [2.75, 3.05) is 11.9 Å². The molecule has 146 valence electrons. The van der Waals surface area contributed by atoms with Crippen LogP contribution in [0.4, 0.5) is 5.69 Å². The summed E-state index contributed by atoms with van der Waals surface area (Å²) in [5.41, 5.74) is 1.50. The summed E-state index contributed by atoms with van der Waals surface area (Å²) in [4.78, 5) is 11.5. The molecule has 7 heteroatoms. The van der Waals surface area contributed by atoms with Crippen LogP contribution in [0, 0.1) is 0 Å². The number of aryl methyl sites for hydroxylation is 1. The quantitative estimate of drug-likeness (QED) is 0.688. The van der Waals surface area contributed by atoms with Gasteiger partial charge in [0, 0.05) is 13.0 Å². The van der Waals surface area contributed by atoms with Crippen molar-refractivity contribution in [3.8, 4) is 5.75 Å². The highest BCUT2D eigenvalue weighted by molar-refractivity contribution is 7.89. The van der Waals surface area contributed by atoms with E-state index in [-0.39, 0.29) is 16.8 Å². The topological polar surface area (TPSA) is 84.5 Å². The summed E-state index contributed by atoms with van der Waals surface area (Å²) in [6.45, 7) is 5.43. The molecule has 2 aromatic carbocycles. The van der Waals surface area contributed by atoms with Gasteiger partial charge in [-0.2, -0.15) is 0 Å². The first-order valence-corrected chi connectivity index (χ1v) is 10.4. The summed E-state index contributed by atoms with van der Waals surface area (Å²) >= 11 is 0. The van der Waals surface area contributed by atoms with Crippen LogP contribution in [0.5, 0.6) is 5.75 Å². The predicted molar refractivity (Wildman–Crippen MR) is 106 cm³/mol. The van der Waals surface area contributed by atoms with Gasteiger partial charge in [0.1, 0.15) is 5.75 Å². The van der Waals surface area contributed by atoms with Gasteiger partial charge in [0.2, 0.25) is 15.9 Å². The Balaban J connectivity index is 2.11. The van der Waals surface area contributed by atoms with Crippen LogP contribution in [0.25, 0.3) is 0 Å². The molecule has 0 heterocycles. The fourth-order valence-electron chi connectivity index (χ4n) is 2.66. The van der Waals surface area contributed by atoms with Gasteiger partial charge in [-0.1, -0.05) is 30.3 Å². The van der Waals surface area contributed by atoms with Crippen LogP contribution >= 0.6 is 0 Å². The van der Waals surface area contributed by atoms with Crippen LogP contribution in [0.2, 0.25) is 0 Å². The van der Waals surface area contributed by atoms with Gasteiger partial charge in [0.05, 0.1) is 17.2 Å². The van der Waals surface area contributed by atoms with Crippen molar-refractivity contribution in [1.29, 1.82) is 0 Å². The number of hydrogen-bond donors (Lipinski definition) is 2. The third-order valence-electron chi connectivity index (χ3n) is 3.94. The lowest BCUT2D eigenvalue weighted by Crippen LogP contribution is -2.33. The molecule has 1 amide bonds. The zero-order valence-electron chi connectivity index (χ0n) is 15.9. The highest BCUT2D eigenvalue weighted by Gasteiger charge is 2.19. The molecule has 1 atom stereocenters. The number of nitrogens with one attached hydrogen (secondary N) is 2. The van der Waals surface area contributed by atoms with Crippen LogP contribution in [-0.2, 0) is 21.2 Å². The van der Waals surface area contributed by atoms with Gasteiger partial charge in [0.25, 0.3) is 0 Å². The minimum atomic E-state index is -3.71. The van der Waals surface area contributed by atoms with Crippen molar-refractivity contribution >= 4 is 21.6 Å². The molecule has 0 fully saturated rings. The van der Waals surface area contributed by atoms with E-state index < -0.39 is 10.0 Å². The van der Waals surface area contributed by atoms with Crippen LogP contribution < -0.4 is 14.8 Å². The maximum absolute atomic E-state index is 12.7. The molecule has 2 aromatic rings. The summed E-state index contributed by atoms with van der Waals surface area (Å²) in [6, 6.07) is 14.1. The molecule has 0 spiro atoms. The standard InChI is InChI=1S/C20H26N2O4S/c1-4-26-20-13-12-18(14-19(20)21-16(3)23)27(24,25)22-15(2)10-11-17-8-6-5-7-9-17/h5-9,12-15,22H,4,10-11H2,1-3H3,(H,21,23)/t15-/m1/s1. The fraction of sp³-hybridized carbons (Fsp3) is 0.350. The van der Waals surface area contributed by atoms with Gasteiger partial charge in [0.15, 0.2) is 0 Å². The van der Waals surface area contributed by atoms with E-state index in [1.54, 1.807) is 6.07 Å². The maximum atomic E-state index is 12.7. The van der Waals surface area contributed by atoms with E-state index in [1.165, 1.54) is 19.1 Å². The van der Waals surface area contributed by atoms with Crippen molar-refractivity contribution < 1.29 is 17.9 Å². The second kappa shape index (κ2) is 9.53. The molecule has 0 saturated heterocycles. The summed E-state index contributed by atoms with van der Waals surface area (Å²) in [5, 5.41) is 2.61. The number of hydrogen-bond acceptors (Lipinski definition) is 4. The third kappa shape index (κ3) is 6.37. The molecule has 0 saturated carbocycles. The maximum Gasteiger partial charge on any atom is 0.240 e. The van der Waals surface area contributed by atoms with Crippen molar-refractivity contribution in [2.45, 2.75) is 44.6 Å². The molecule has 0 aromatic heterocycles. The van der Waals surface area contributed by atoms with Crippen LogP contribution in [0.1, 0.15) is 32.8 Å². The first-order valence-electron chi connectivity index (χ1n) is 8.92. The second-order valence-corrected chi connectivity index (χ2v) is 8.03. The lowest BCUT2D eigenvalue weighted by Gasteiger charge is -2.16. The van der Waals surface area contributed by atoms with Gasteiger partial charge < -0.3 is 10.1 Å². The molecule has 6 nitrogen and oxygen atoms in total. The molecule has 2 N–H and O–H groups in total. The van der Waals surface area contributed by atoms with Crippen LogP contribution in [0.3, 0.4) is 0 Å². The SMILES string of the molecule is CCOc1ccc(S(=O)(=O)N[C@H](C)CCc2ccccc2)cc1NC(C)=O. The van der Waals surface area contributed by atoms with E-state index in [2.05, 4.69) is 10.0 Å². The van der Waals surface area contributed by atoms with E-state index in [0.29, 0.717) is 24.5 Å². The van der Waals surface area contributed by atoms with Gasteiger partial charge in [-0.05, 0) is 50.5 Å². The van der Waals surface area contributed by atoms with E-state index in [0.717, 1.165) is 12.0 Å². The monoisotopic (exact) mass is 390 g/mol. The third-order valence-corrected chi connectivity index (χ3v) is 5.52. The van der Waals surface area contributed by atoms with Crippen molar-refractivity contribution in [1.82, 2.24) is 4.72 Å². The lowest BCUT2D eigenvalue weighted by molar-refractivity contribution is -0.114. The molecular weight excluding hydrogens is 364 g/mol. The van der Waals surface area contributed by atoms with Crippen LogP contribution in [0.15, 0.2) is 53.4 Å². The second-order valence-electron chi connectivity index (χ2n) is 6.32. The zero-order valence-corrected chi connectivity index (χ0v) is 16.7. The van der Waals surface area contributed by atoms with Gasteiger partial charge in [-0.3, -0.25) is 4.79 Å². The summed E-state index contributed by atoms with van der Waals surface area (Å²) in [7, 11) is -3.71. The van der Waals surface area contributed by atoms with Gasteiger partial charge in [-0.25, -0.2) is 13.1 Å². The molecular formula is C20H26N2O4S. The Labute approximate surface area is 161 Å². The number of benzene rings is 2. The summed E-state index contributed by atoms with van der Waals surface area (Å²) < 4.78 is 33.5. The molecule has 0 aliphatic rings. The van der Waals surface area contributed by atoms with Crippen molar-refractivity contribution in [3.05, 3.63) is 54.1 Å². The first kappa shape index (κ1) is 20.9. The Morgan fingerprint density at radius 2 is 1.85 bits per heavy atom. The Bertz CT molecular complexity index is 867. The number of rotatable bonds is 9. The van der Waals surface area contributed by atoms with Crippen LogP contribution in [-0.4, -0.2) is 27.0 Å². The fourth-order valence-corrected chi connectivity index (χ4v) is 3.97. The van der Waals surface area contributed by atoms with Crippen molar-refractivity contribution in [2.24, 2.45) is 0 Å². The molecule has 0 aliphatic carbocycles. The first-order chi connectivity index (χ1) is 12.8. The average molecular weight is 391 g/mol. The Morgan fingerprint density at radius 3 is 2.48 bits per heavy atom. The molecule has 0 aliphatic heterocycles. The number of ether oxygens (including phenoxy) is 1. The minimum absolute atomic E-state index is 0.0845. The number of carbonyl (C=O) groups excluding carboxylic acids is 1. The number of sulfonamides is 1. The summed E-state index contributed by atoms with van der Waals surface area (Å²) in [6.07, 6.45) is 1.46. The molecule has 0 unspecified atom stereocenters. The highest BCUT2D eigenvalue weighted by Crippen LogP contribution is 2.28. The minimum Gasteiger partial charge on any atom is -0.492 e. The zero-order chi connectivity index (χ0) is 19.9. The summed E-state index contributed by atoms with van der Waals surface area (Å²) in [5.74, 6) is 0.137. The van der Waals surface area contributed by atoms with Crippen molar-refractivity contribution in [3.63, 3.8) is 0 Å². The molecule has 27 heavy (non-hydrogen) atoms. The lowest BCUT2D eigenvalue weighted by atomic mass is 10.1. The van der Waals surface area contributed by atoms with E-state index in [1.807, 2.05) is 44.2 Å². The highest BCUT2D eigenvalue weighted by atomic mass is 32.2. The average Bonchev–Trinajstić information content (AvgIpc) is 2.61. The smallest absolute Gasteiger partial charge is 0.240 e.